The fraction of sp³-hybridized carbons (Fsp3) is 0.267. The number of likely N-dealkylation sites (N-methyl/N-ethyl adjacent to an activating group) is 1. The van der Waals surface area contributed by atoms with Crippen molar-refractivity contribution < 1.29 is 17.8 Å². The monoisotopic (exact) mass is 591 g/mol. The number of nitrogens with one attached hydrogen (secondary N) is 2. The van der Waals surface area contributed by atoms with Gasteiger partial charge in [0.25, 0.3) is 16.0 Å². The lowest BCUT2D eigenvalue weighted by Crippen LogP contribution is -2.43. The summed E-state index contributed by atoms with van der Waals surface area (Å²) in [7, 11) is -1.51. The van der Waals surface area contributed by atoms with Gasteiger partial charge in [-0.15, -0.1) is 0 Å². The molecule has 0 saturated carbocycles. The lowest BCUT2D eigenvalue weighted by atomic mass is 10.1. The quantitative estimate of drug-likeness (QED) is 0.269. The van der Waals surface area contributed by atoms with Crippen molar-refractivity contribution in [2.24, 2.45) is 0 Å². The van der Waals surface area contributed by atoms with E-state index in [9.17, 15) is 13.2 Å². The van der Waals surface area contributed by atoms with Gasteiger partial charge in [-0.3, -0.25) is 19.2 Å². The third-order valence-corrected chi connectivity index (χ3v) is 6.57. The van der Waals surface area contributed by atoms with Gasteiger partial charge in [-0.2, -0.15) is 8.42 Å². The Morgan fingerprint density at radius 3 is 2.40 bits per heavy atom. The highest BCUT2D eigenvalue weighted by molar-refractivity contribution is 7.85. The molecule has 11 nitrogen and oxygen atoms in total. The maximum absolute atomic E-state index is 12.9. The largest absolute Gasteiger partial charge is 0.324 e. The van der Waals surface area contributed by atoms with E-state index in [1.807, 2.05) is 67.6 Å². The molecule has 2 aromatic carbocycles. The van der Waals surface area contributed by atoms with Crippen LogP contribution in [0, 0.1) is 6.92 Å². The number of carbonyl (C=O) groups excluding carboxylic acids is 1. The van der Waals surface area contributed by atoms with Crippen molar-refractivity contribution >= 4 is 33.3 Å². The highest BCUT2D eigenvalue weighted by Crippen LogP contribution is 2.24. The Bertz CT molecular complexity index is 1580. The maximum atomic E-state index is 12.9. The van der Waals surface area contributed by atoms with E-state index in [1.165, 1.54) is 5.56 Å². The zero-order chi connectivity index (χ0) is 30.1. The molecule has 220 valence electrons. The second-order valence-corrected chi connectivity index (χ2v) is 11.6. The van der Waals surface area contributed by atoms with Gasteiger partial charge in [0.15, 0.2) is 0 Å². The highest BCUT2D eigenvalue weighted by atomic mass is 32.2. The SMILES string of the molecule is CS(=O)(=O)O.Cc1ccc(NC(=O)c2ccc(CN3CCN(C)CC3)cc2)cc1N[14c]1nccc(-c2cccnc2)n1. The minimum atomic E-state index is -3.67. The van der Waals surface area contributed by atoms with E-state index < -0.39 is 10.1 Å². The Kier molecular flexibility index (Phi) is 10.3. The van der Waals surface area contributed by atoms with Crippen molar-refractivity contribution in [1.82, 2.24) is 24.8 Å². The van der Waals surface area contributed by atoms with Crippen LogP contribution in [-0.4, -0.2) is 83.1 Å². The van der Waals surface area contributed by atoms with E-state index in [0.29, 0.717) is 23.5 Å². The molecule has 1 saturated heterocycles. The zero-order valence-corrected chi connectivity index (χ0v) is 24.7. The van der Waals surface area contributed by atoms with Gasteiger partial charge in [-0.25, -0.2) is 9.97 Å². The van der Waals surface area contributed by atoms with Crippen LogP contribution in [-0.2, 0) is 16.7 Å². The molecule has 2 aromatic heterocycles. The van der Waals surface area contributed by atoms with Crippen LogP contribution in [0.2, 0.25) is 0 Å². The molecular weight excluding hydrogens is 556 g/mol. The Balaban J connectivity index is 0.000000748. The van der Waals surface area contributed by atoms with E-state index in [0.717, 1.165) is 55.2 Å². The molecule has 1 fully saturated rings. The van der Waals surface area contributed by atoms with Gasteiger partial charge >= 0.3 is 0 Å². The smallest absolute Gasteiger partial charge is 0.261 e. The van der Waals surface area contributed by atoms with Crippen molar-refractivity contribution in [2.75, 3.05) is 50.1 Å². The number of nitrogens with zero attached hydrogens (tertiary/aromatic N) is 5. The number of amides is 1. The first-order chi connectivity index (χ1) is 20.0. The maximum Gasteiger partial charge on any atom is 0.261 e. The Hall–Kier alpha value is -4.23. The lowest BCUT2D eigenvalue weighted by Gasteiger charge is -2.32. The molecular formula is C30H35N7O4S. The normalized spacial score (nSPS) is 14.0. The molecule has 3 heterocycles. The molecule has 0 radical (unpaired) electrons. The molecule has 1 aliphatic rings. The fourth-order valence-electron chi connectivity index (χ4n) is 4.28. The molecule has 5 rings (SSSR count). The van der Waals surface area contributed by atoms with Gasteiger partial charge in [0.2, 0.25) is 5.95 Å². The Labute approximate surface area is 246 Å². The summed E-state index contributed by atoms with van der Waals surface area (Å²) in [6.07, 6.45) is 5.93. The van der Waals surface area contributed by atoms with Crippen LogP contribution in [0.1, 0.15) is 21.5 Å². The van der Waals surface area contributed by atoms with Gasteiger partial charge in [0, 0.05) is 73.8 Å². The number of piperazine rings is 1. The predicted molar refractivity (Wildman–Crippen MR) is 164 cm³/mol. The molecule has 0 aliphatic carbocycles. The van der Waals surface area contributed by atoms with Crippen molar-refractivity contribution in [3.8, 4) is 11.3 Å². The number of aryl methyl sites for hydroxylation is 1. The summed E-state index contributed by atoms with van der Waals surface area (Å²) in [4.78, 5) is 30.9. The van der Waals surface area contributed by atoms with Crippen molar-refractivity contribution in [3.63, 3.8) is 0 Å². The fourth-order valence-corrected chi connectivity index (χ4v) is 4.28. The number of carbonyl (C=O) groups is 1. The number of pyridine rings is 1. The summed E-state index contributed by atoms with van der Waals surface area (Å²) < 4.78 is 25.9. The van der Waals surface area contributed by atoms with Crippen LogP contribution in [0.3, 0.4) is 0 Å². The highest BCUT2D eigenvalue weighted by Gasteiger charge is 2.14. The van der Waals surface area contributed by atoms with E-state index in [2.05, 4.69) is 42.4 Å². The van der Waals surface area contributed by atoms with Gasteiger partial charge in [-0.05, 0) is 67.6 Å². The van der Waals surface area contributed by atoms with Crippen LogP contribution in [0.15, 0.2) is 79.3 Å². The summed E-state index contributed by atoms with van der Waals surface area (Å²) >= 11 is 0. The molecule has 12 heteroatoms. The molecule has 4 aromatic rings. The summed E-state index contributed by atoms with van der Waals surface area (Å²) in [5.41, 5.74) is 6.08. The summed E-state index contributed by atoms with van der Waals surface area (Å²) in [5, 5.41) is 6.29. The van der Waals surface area contributed by atoms with Crippen LogP contribution < -0.4 is 10.6 Å². The van der Waals surface area contributed by atoms with Gasteiger partial charge in [0.1, 0.15) is 0 Å². The molecule has 0 spiro atoms. The standard InChI is InChI=1S/C29H31N7O.CH4O3S/c1-21-5-10-25(18-27(21)34-29-31-13-11-26(33-29)24-4-3-12-30-19-24)32-28(37)23-8-6-22(7-9-23)20-36-16-14-35(2)15-17-36;1-5(2,3)4/h3-13,18-19H,14-17,20H2,1-2H3,(H,32,37)(H,31,33,34);1H3,(H,2,3,4)/i29+2;. The topological polar surface area (TPSA) is 141 Å². The minimum absolute atomic E-state index is 0.143. The third-order valence-electron chi connectivity index (χ3n) is 6.57. The van der Waals surface area contributed by atoms with Crippen LogP contribution in [0.4, 0.5) is 17.3 Å². The second kappa shape index (κ2) is 14.1. The Morgan fingerprint density at radius 1 is 1.02 bits per heavy atom. The number of anilines is 3. The molecule has 0 bridgehead atoms. The van der Waals surface area contributed by atoms with Gasteiger partial charge in [0.05, 0.1) is 11.9 Å². The van der Waals surface area contributed by atoms with Crippen molar-refractivity contribution in [2.45, 2.75) is 13.5 Å². The molecule has 3 N–H and O–H groups in total. The molecule has 1 amide bonds. The van der Waals surface area contributed by atoms with E-state index in [4.69, 9.17) is 4.55 Å². The van der Waals surface area contributed by atoms with Crippen molar-refractivity contribution in [1.29, 1.82) is 0 Å². The minimum Gasteiger partial charge on any atom is -0.324 e. The Morgan fingerprint density at radius 2 is 1.74 bits per heavy atom. The number of benzene rings is 2. The predicted octanol–water partition coefficient (Wildman–Crippen LogP) is 4.09. The molecule has 0 atom stereocenters. The average molecular weight is 592 g/mol. The van der Waals surface area contributed by atoms with Crippen LogP contribution >= 0.6 is 0 Å². The summed E-state index contributed by atoms with van der Waals surface area (Å²) in [6.45, 7) is 7.24. The molecule has 0 unspecified atom stereocenters. The summed E-state index contributed by atoms with van der Waals surface area (Å²) in [6, 6.07) is 19.3. The second-order valence-electron chi connectivity index (χ2n) is 10.1. The first-order valence-electron chi connectivity index (χ1n) is 13.4. The number of hydrogen-bond acceptors (Lipinski definition) is 9. The van der Waals surface area contributed by atoms with E-state index in [1.54, 1.807) is 18.6 Å². The van der Waals surface area contributed by atoms with Crippen molar-refractivity contribution in [3.05, 3.63) is 95.9 Å². The average Bonchev–Trinajstić information content (AvgIpc) is 2.96. The van der Waals surface area contributed by atoms with Gasteiger partial charge < -0.3 is 15.5 Å². The first kappa shape index (κ1) is 30.7. The number of aromatic nitrogens is 3. The molecule has 42 heavy (non-hydrogen) atoms. The van der Waals surface area contributed by atoms with E-state index >= 15 is 0 Å². The first-order valence-corrected chi connectivity index (χ1v) is 15.2. The van der Waals surface area contributed by atoms with E-state index in [-0.39, 0.29) is 5.91 Å². The van der Waals surface area contributed by atoms with Gasteiger partial charge in [-0.1, -0.05) is 18.2 Å². The number of hydrogen-bond donors (Lipinski definition) is 3. The lowest BCUT2D eigenvalue weighted by molar-refractivity contribution is 0.102. The summed E-state index contributed by atoms with van der Waals surface area (Å²) in [5.74, 6) is 0.333. The third kappa shape index (κ3) is 9.70. The van der Waals surface area contributed by atoms with Crippen LogP contribution in [0.5, 0.6) is 0 Å². The zero-order valence-electron chi connectivity index (χ0n) is 23.9. The number of rotatable bonds is 7. The van der Waals surface area contributed by atoms with Crippen LogP contribution in [0.25, 0.3) is 11.3 Å². The molecule has 1 aliphatic heterocycles.